The molecule has 0 aliphatic rings. The quantitative estimate of drug-likeness (QED) is 0.708. The summed E-state index contributed by atoms with van der Waals surface area (Å²) >= 11 is 0. The molecule has 1 amide bonds. The average Bonchev–Trinajstić information content (AvgIpc) is 3.03. The Hall–Kier alpha value is -3.36. The van der Waals surface area contributed by atoms with Crippen LogP contribution in [0.25, 0.3) is 11.4 Å². The van der Waals surface area contributed by atoms with Crippen LogP contribution in [0, 0.1) is 0 Å². The van der Waals surface area contributed by atoms with Gasteiger partial charge in [0.15, 0.2) is 11.5 Å². The van der Waals surface area contributed by atoms with Crippen molar-refractivity contribution in [1.82, 2.24) is 30.4 Å². The summed E-state index contributed by atoms with van der Waals surface area (Å²) in [5.74, 6) is 0.283. The molecule has 9 nitrogen and oxygen atoms in total. The lowest BCUT2D eigenvalue weighted by Gasteiger charge is -2.02. The number of carbonyl (C=O) groups excluding carboxylic acids is 1. The molecule has 0 aliphatic carbocycles. The molecule has 3 N–H and O–H groups in total. The Morgan fingerprint density at radius 2 is 1.95 bits per heavy atom. The maximum absolute atomic E-state index is 11.9. The summed E-state index contributed by atoms with van der Waals surface area (Å²) in [5.41, 5.74) is 6.40. The molecule has 0 saturated carbocycles. The number of carbonyl (C=O) groups is 1. The van der Waals surface area contributed by atoms with E-state index in [2.05, 4.69) is 30.4 Å². The minimum atomic E-state index is -0.464. The van der Waals surface area contributed by atoms with E-state index in [-0.39, 0.29) is 23.9 Å². The molecule has 22 heavy (non-hydrogen) atoms. The Labute approximate surface area is 124 Å². The van der Waals surface area contributed by atoms with Gasteiger partial charge in [-0.3, -0.25) is 9.78 Å². The zero-order chi connectivity index (χ0) is 15.4. The van der Waals surface area contributed by atoms with Crippen molar-refractivity contribution in [2.45, 2.75) is 6.54 Å². The number of hydrogen-bond acceptors (Lipinski definition) is 8. The van der Waals surface area contributed by atoms with Crippen LogP contribution in [0.15, 0.2) is 41.4 Å². The van der Waals surface area contributed by atoms with Crippen molar-refractivity contribution >= 4 is 11.7 Å². The van der Waals surface area contributed by atoms with Gasteiger partial charge in [0.05, 0.1) is 6.54 Å². The molecular formula is C13H11N7O2. The van der Waals surface area contributed by atoms with Crippen molar-refractivity contribution in [3.8, 4) is 11.4 Å². The fourth-order valence-corrected chi connectivity index (χ4v) is 1.71. The van der Waals surface area contributed by atoms with Crippen LogP contribution in [-0.4, -0.2) is 31.0 Å². The van der Waals surface area contributed by atoms with E-state index in [1.807, 2.05) is 0 Å². The van der Waals surface area contributed by atoms with Crippen molar-refractivity contribution in [1.29, 1.82) is 0 Å². The predicted molar refractivity (Wildman–Crippen MR) is 75.1 cm³/mol. The first-order chi connectivity index (χ1) is 10.7. The molecule has 3 rings (SSSR count). The summed E-state index contributed by atoms with van der Waals surface area (Å²) < 4.78 is 5.07. The Morgan fingerprint density at radius 1 is 1.18 bits per heavy atom. The van der Waals surface area contributed by atoms with E-state index in [9.17, 15) is 4.79 Å². The minimum Gasteiger partial charge on any atom is -0.382 e. The third-order valence-electron chi connectivity index (χ3n) is 2.75. The topological polar surface area (TPSA) is 133 Å². The minimum absolute atomic E-state index is 0.0522. The Balaban J connectivity index is 1.67. The highest BCUT2D eigenvalue weighted by Gasteiger charge is 2.14. The highest BCUT2D eigenvalue weighted by Crippen LogP contribution is 2.13. The largest absolute Gasteiger partial charge is 0.382 e. The number of hydrogen-bond donors (Lipinski definition) is 2. The van der Waals surface area contributed by atoms with Crippen molar-refractivity contribution in [3.05, 3.63) is 48.5 Å². The first-order valence-corrected chi connectivity index (χ1v) is 6.31. The number of nitrogens with one attached hydrogen (secondary N) is 1. The first kappa shape index (κ1) is 13.6. The van der Waals surface area contributed by atoms with Gasteiger partial charge < -0.3 is 15.6 Å². The standard InChI is InChI=1S/C13H11N7O2/c14-11-10(16-5-6-17-11)13(21)18-7-9-19-12(20-22-9)8-1-3-15-4-2-8/h1-6H,7H2,(H2,14,17)(H,18,21). The van der Waals surface area contributed by atoms with E-state index in [1.165, 1.54) is 12.4 Å². The monoisotopic (exact) mass is 297 g/mol. The lowest BCUT2D eigenvalue weighted by Crippen LogP contribution is -2.25. The summed E-state index contributed by atoms with van der Waals surface area (Å²) in [6.07, 6.45) is 6.05. The molecule has 0 aliphatic heterocycles. The normalized spacial score (nSPS) is 10.4. The van der Waals surface area contributed by atoms with Crippen LogP contribution in [-0.2, 0) is 6.54 Å². The van der Waals surface area contributed by atoms with Gasteiger partial charge in [-0.15, -0.1) is 0 Å². The van der Waals surface area contributed by atoms with Gasteiger partial charge in [-0.2, -0.15) is 4.98 Å². The summed E-state index contributed by atoms with van der Waals surface area (Å²) in [7, 11) is 0. The van der Waals surface area contributed by atoms with Gasteiger partial charge in [0, 0.05) is 30.4 Å². The Bertz CT molecular complexity index is 788. The SMILES string of the molecule is Nc1nccnc1C(=O)NCc1nc(-c2ccncc2)no1. The second-order valence-corrected chi connectivity index (χ2v) is 4.22. The molecule has 0 unspecified atom stereocenters. The molecule has 3 heterocycles. The molecule has 9 heteroatoms. The second kappa shape index (κ2) is 5.95. The van der Waals surface area contributed by atoms with Crippen LogP contribution in [0.3, 0.4) is 0 Å². The number of aromatic nitrogens is 5. The Morgan fingerprint density at radius 3 is 2.73 bits per heavy atom. The van der Waals surface area contributed by atoms with E-state index in [0.29, 0.717) is 5.82 Å². The number of anilines is 1. The molecule has 0 aromatic carbocycles. The molecule has 0 bridgehead atoms. The van der Waals surface area contributed by atoms with E-state index >= 15 is 0 Å². The van der Waals surface area contributed by atoms with Gasteiger partial charge >= 0.3 is 0 Å². The van der Waals surface area contributed by atoms with E-state index in [1.54, 1.807) is 24.5 Å². The fourth-order valence-electron chi connectivity index (χ4n) is 1.71. The van der Waals surface area contributed by atoms with E-state index in [0.717, 1.165) is 5.56 Å². The van der Waals surface area contributed by atoms with Crippen molar-refractivity contribution < 1.29 is 9.32 Å². The summed E-state index contributed by atoms with van der Waals surface area (Å²) in [6, 6.07) is 3.51. The predicted octanol–water partition coefficient (Wildman–Crippen LogP) is 0.434. The van der Waals surface area contributed by atoms with Gasteiger partial charge in [-0.25, -0.2) is 9.97 Å². The van der Waals surface area contributed by atoms with Crippen LogP contribution in [0.5, 0.6) is 0 Å². The van der Waals surface area contributed by atoms with Crippen LogP contribution < -0.4 is 11.1 Å². The van der Waals surface area contributed by atoms with Crippen molar-refractivity contribution in [3.63, 3.8) is 0 Å². The number of nitrogens with zero attached hydrogens (tertiary/aromatic N) is 5. The van der Waals surface area contributed by atoms with Gasteiger partial charge in [0.25, 0.3) is 5.91 Å². The molecule has 3 aromatic rings. The van der Waals surface area contributed by atoms with Crippen LogP contribution in [0.1, 0.15) is 16.4 Å². The third-order valence-corrected chi connectivity index (χ3v) is 2.75. The number of amides is 1. The highest BCUT2D eigenvalue weighted by atomic mass is 16.5. The smallest absolute Gasteiger partial charge is 0.274 e. The lowest BCUT2D eigenvalue weighted by atomic mass is 10.2. The molecule has 0 saturated heterocycles. The summed E-state index contributed by atoms with van der Waals surface area (Å²) in [5, 5.41) is 6.43. The lowest BCUT2D eigenvalue weighted by molar-refractivity contribution is 0.0942. The molecule has 0 spiro atoms. The molecule has 0 fully saturated rings. The molecule has 0 radical (unpaired) electrons. The van der Waals surface area contributed by atoms with Gasteiger partial charge in [-0.1, -0.05) is 5.16 Å². The highest BCUT2D eigenvalue weighted by molar-refractivity contribution is 5.96. The van der Waals surface area contributed by atoms with Gasteiger partial charge in [0.2, 0.25) is 11.7 Å². The second-order valence-electron chi connectivity index (χ2n) is 4.22. The number of pyridine rings is 1. The van der Waals surface area contributed by atoms with Crippen molar-refractivity contribution in [2.75, 3.05) is 5.73 Å². The molecule has 0 atom stereocenters. The van der Waals surface area contributed by atoms with Gasteiger partial charge in [0.1, 0.15) is 0 Å². The molecular weight excluding hydrogens is 286 g/mol. The first-order valence-electron chi connectivity index (χ1n) is 6.31. The van der Waals surface area contributed by atoms with E-state index < -0.39 is 5.91 Å². The molecule has 3 aromatic heterocycles. The maximum Gasteiger partial charge on any atom is 0.274 e. The van der Waals surface area contributed by atoms with Crippen LogP contribution in [0.2, 0.25) is 0 Å². The van der Waals surface area contributed by atoms with Crippen LogP contribution in [0.4, 0.5) is 5.82 Å². The van der Waals surface area contributed by atoms with Crippen molar-refractivity contribution in [2.24, 2.45) is 0 Å². The van der Waals surface area contributed by atoms with Gasteiger partial charge in [-0.05, 0) is 12.1 Å². The average molecular weight is 297 g/mol. The maximum atomic E-state index is 11.9. The number of nitrogen functional groups attached to an aromatic ring is 1. The summed E-state index contributed by atoms with van der Waals surface area (Å²) in [6.45, 7) is 0.0624. The Kier molecular flexibility index (Phi) is 3.69. The molecule has 110 valence electrons. The number of rotatable bonds is 4. The van der Waals surface area contributed by atoms with E-state index in [4.69, 9.17) is 10.3 Å². The third kappa shape index (κ3) is 2.87. The zero-order valence-electron chi connectivity index (χ0n) is 11.3. The van der Waals surface area contributed by atoms with Crippen LogP contribution >= 0.6 is 0 Å². The fraction of sp³-hybridized carbons (Fsp3) is 0.0769. The summed E-state index contributed by atoms with van der Waals surface area (Å²) in [4.78, 5) is 27.7. The number of nitrogens with two attached hydrogens (primary N) is 1. The zero-order valence-corrected chi connectivity index (χ0v) is 11.3.